The van der Waals surface area contributed by atoms with Crippen LogP contribution in [0.4, 0.5) is 17.6 Å². The number of halogens is 5. The number of carbonyl (C=O) groups excluding carboxylic acids is 2. The molecule has 1 saturated heterocycles. The van der Waals surface area contributed by atoms with Crippen molar-refractivity contribution >= 4 is 31.1 Å². The molecule has 0 spiro atoms. The Morgan fingerprint density at radius 2 is 1.55 bits per heavy atom. The summed E-state index contributed by atoms with van der Waals surface area (Å²) in [5.74, 6) is -6.74. The quantitative estimate of drug-likeness (QED) is 0.237. The number of aryl methyl sites for hydroxylation is 2. The fraction of sp³-hybridized carbons (Fsp3) is 0.360. The highest BCUT2D eigenvalue weighted by Gasteiger charge is 2.72. The van der Waals surface area contributed by atoms with Crippen LogP contribution in [0.15, 0.2) is 59.8 Å². The molecule has 0 saturated carbocycles. The van der Waals surface area contributed by atoms with Crippen molar-refractivity contribution < 1.29 is 55.1 Å². The third kappa shape index (κ3) is 5.89. The Morgan fingerprint density at radius 3 is 2.02 bits per heavy atom. The molecule has 2 aliphatic rings. The van der Waals surface area contributed by atoms with Gasteiger partial charge in [0.05, 0.1) is 13.0 Å². The first kappa shape index (κ1) is 30.0. The number of Topliss-reactive ketones (excluding diaryl/α,β-unsaturated/α-hetero) is 1. The Balaban J connectivity index is 1.66. The SMILES string of the molecule is Cc1ccc(OP(=O)(OC[C@@]2(C(F)F)O[C@@H](N3C=C(Cl)C(=O)CC3=O)C(F)(F)[C@@H]2O)Oc2ccc(C)cc2)cc1. The van der Waals surface area contributed by atoms with Gasteiger partial charge < -0.3 is 18.9 Å². The summed E-state index contributed by atoms with van der Waals surface area (Å²) in [4.78, 5) is 24.1. The maximum absolute atomic E-state index is 15.2. The standard InChI is InChI=1S/C25H23ClF4NO8P/c1-14-3-7-16(8-4-14)38-40(35,39-17-9-5-15(2)6-10-17)36-13-24(22(27)28)21(34)25(29,30)23(37-24)31-12-18(26)19(32)11-20(31)33/h3-10,12,21-23,34H,11,13H2,1-2H3/t21-,23-,24-/m1/s1. The van der Waals surface area contributed by atoms with Gasteiger partial charge in [-0.05, 0) is 38.1 Å². The van der Waals surface area contributed by atoms with E-state index in [-0.39, 0.29) is 16.4 Å². The van der Waals surface area contributed by atoms with Crippen molar-refractivity contribution in [1.29, 1.82) is 0 Å². The summed E-state index contributed by atoms with van der Waals surface area (Å²) >= 11 is 5.68. The molecule has 9 nitrogen and oxygen atoms in total. The van der Waals surface area contributed by atoms with E-state index < -0.39 is 67.9 Å². The Morgan fingerprint density at radius 1 is 1.05 bits per heavy atom. The Bertz CT molecular complexity index is 1310. The molecule has 2 aromatic rings. The summed E-state index contributed by atoms with van der Waals surface area (Å²) in [6, 6.07) is 11.9. The Hall–Kier alpha value is -2.96. The number of amides is 1. The minimum absolute atomic E-state index is 0.0633. The predicted molar refractivity (Wildman–Crippen MR) is 132 cm³/mol. The lowest BCUT2D eigenvalue weighted by molar-refractivity contribution is -0.202. The van der Waals surface area contributed by atoms with Crippen LogP contribution in [-0.4, -0.2) is 58.6 Å². The van der Waals surface area contributed by atoms with E-state index in [1.165, 1.54) is 24.3 Å². The van der Waals surface area contributed by atoms with Gasteiger partial charge in [0.2, 0.25) is 12.1 Å². The molecule has 0 radical (unpaired) electrons. The lowest BCUT2D eigenvalue weighted by atomic mass is 9.95. The number of aliphatic hydroxyl groups is 1. The molecule has 2 heterocycles. The van der Waals surface area contributed by atoms with Gasteiger partial charge in [0.15, 0.2) is 17.5 Å². The van der Waals surface area contributed by atoms with E-state index >= 15 is 8.78 Å². The molecule has 0 unspecified atom stereocenters. The average molecular weight is 608 g/mol. The molecule has 0 bridgehead atoms. The van der Waals surface area contributed by atoms with E-state index in [1.807, 2.05) is 0 Å². The van der Waals surface area contributed by atoms with Crippen LogP contribution in [0.3, 0.4) is 0 Å². The van der Waals surface area contributed by atoms with Gasteiger partial charge in [0, 0.05) is 6.20 Å². The van der Waals surface area contributed by atoms with Crippen LogP contribution in [0.2, 0.25) is 0 Å². The third-order valence-electron chi connectivity index (χ3n) is 6.15. The minimum Gasteiger partial charge on any atom is -0.395 e. The zero-order valence-electron chi connectivity index (χ0n) is 20.9. The summed E-state index contributed by atoms with van der Waals surface area (Å²) in [5.41, 5.74) is -1.91. The second kappa shape index (κ2) is 11.1. The molecular formula is C25H23ClF4NO8P. The number of ketones is 1. The van der Waals surface area contributed by atoms with Gasteiger partial charge in [-0.2, -0.15) is 8.78 Å². The van der Waals surface area contributed by atoms with Gasteiger partial charge in [0.1, 0.15) is 16.5 Å². The second-order valence-corrected chi connectivity index (χ2v) is 11.1. The van der Waals surface area contributed by atoms with Crippen LogP contribution in [-0.2, 0) is 23.4 Å². The molecule has 2 aromatic carbocycles. The van der Waals surface area contributed by atoms with Crippen molar-refractivity contribution in [3.8, 4) is 11.5 Å². The van der Waals surface area contributed by atoms with Crippen LogP contribution >= 0.6 is 19.4 Å². The molecule has 40 heavy (non-hydrogen) atoms. The number of alkyl halides is 4. The topological polar surface area (TPSA) is 112 Å². The van der Waals surface area contributed by atoms with Gasteiger partial charge in [-0.25, -0.2) is 13.3 Å². The van der Waals surface area contributed by atoms with Crippen molar-refractivity contribution in [2.24, 2.45) is 0 Å². The lowest BCUT2D eigenvalue weighted by Gasteiger charge is -2.32. The Kier molecular flexibility index (Phi) is 8.35. The van der Waals surface area contributed by atoms with Crippen molar-refractivity contribution in [1.82, 2.24) is 4.90 Å². The predicted octanol–water partition coefficient (Wildman–Crippen LogP) is 5.12. The third-order valence-corrected chi connectivity index (χ3v) is 7.78. The Labute approximate surface area is 230 Å². The van der Waals surface area contributed by atoms with E-state index in [0.29, 0.717) is 6.20 Å². The highest BCUT2D eigenvalue weighted by Crippen LogP contribution is 2.54. The maximum Gasteiger partial charge on any atom is 0.587 e. The summed E-state index contributed by atoms with van der Waals surface area (Å²) in [6.07, 6.45) is -10.3. The number of phosphoric ester groups is 1. The number of ether oxygens (including phenoxy) is 1. The maximum atomic E-state index is 15.2. The first-order valence-corrected chi connectivity index (χ1v) is 13.5. The van der Waals surface area contributed by atoms with Crippen molar-refractivity contribution in [3.05, 3.63) is 70.9 Å². The van der Waals surface area contributed by atoms with E-state index in [1.54, 1.807) is 38.1 Å². The van der Waals surface area contributed by atoms with Crippen molar-refractivity contribution in [3.63, 3.8) is 0 Å². The van der Waals surface area contributed by atoms with Crippen LogP contribution in [0, 0.1) is 13.8 Å². The fourth-order valence-corrected chi connectivity index (χ4v) is 5.32. The average Bonchev–Trinajstić information content (AvgIpc) is 3.09. The molecule has 2 aliphatic heterocycles. The smallest absolute Gasteiger partial charge is 0.395 e. The highest BCUT2D eigenvalue weighted by molar-refractivity contribution is 7.49. The van der Waals surface area contributed by atoms with Crippen molar-refractivity contribution in [2.45, 2.75) is 50.5 Å². The number of allylic oxidation sites excluding steroid dienone is 1. The molecule has 3 atom stereocenters. The summed E-state index contributed by atoms with van der Waals surface area (Å²) < 4.78 is 93.6. The lowest BCUT2D eigenvalue weighted by Crippen LogP contribution is -2.54. The van der Waals surface area contributed by atoms with E-state index in [4.69, 9.17) is 29.9 Å². The molecule has 15 heteroatoms. The minimum atomic E-state index is -4.91. The van der Waals surface area contributed by atoms with Crippen LogP contribution in [0.25, 0.3) is 0 Å². The molecule has 1 fully saturated rings. The van der Waals surface area contributed by atoms with Crippen LogP contribution in [0.1, 0.15) is 17.5 Å². The van der Waals surface area contributed by atoms with Crippen molar-refractivity contribution in [2.75, 3.05) is 6.61 Å². The largest absolute Gasteiger partial charge is 0.587 e. The molecule has 0 aliphatic carbocycles. The molecule has 1 amide bonds. The van der Waals surface area contributed by atoms with Gasteiger partial charge in [-0.1, -0.05) is 47.0 Å². The first-order valence-electron chi connectivity index (χ1n) is 11.7. The fourth-order valence-electron chi connectivity index (χ4n) is 3.89. The summed E-state index contributed by atoms with van der Waals surface area (Å²) in [6.45, 7) is 1.90. The molecule has 4 rings (SSSR count). The number of hydrogen-bond donors (Lipinski definition) is 1. The van der Waals surface area contributed by atoms with Crippen LogP contribution < -0.4 is 9.05 Å². The van der Waals surface area contributed by atoms with E-state index in [0.717, 1.165) is 11.1 Å². The van der Waals surface area contributed by atoms with Gasteiger partial charge >= 0.3 is 13.7 Å². The van der Waals surface area contributed by atoms with Gasteiger partial charge in [-0.3, -0.25) is 19.0 Å². The highest BCUT2D eigenvalue weighted by atomic mass is 35.5. The molecular weight excluding hydrogens is 585 g/mol. The molecule has 216 valence electrons. The number of rotatable bonds is 9. The normalized spacial score (nSPS) is 24.8. The second-order valence-electron chi connectivity index (χ2n) is 9.21. The van der Waals surface area contributed by atoms with Gasteiger partial charge in [-0.15, -0.1) is 0 Å². The number of carbonyl (C=O) groups is 2. The zero-order valence-corrected chi connectivity index (χ0v) is 22.6. The first-order chi connectivity index (χ1) is 18.7. The van der Waals surface area contributed by atoms with E-state index in [9.17, 15) is 28.0 Å². The number of nitrogens with zero attached hydrogens (tertiary/aromatic N) is 1. The molecule has 0 aromatic heterocycles. The zero-order chi connectivity index (χ0) is 29.5. The number of phosphoric acid groups is 1. The number of aliphatic hydroxyl groups excluding tert-OH is 1. The van der Waals surface area contributed by atoms with E-state index in [2.05, 4.69) is 0 Å². The summed E-state index contributed by atoms with van der Waals surface area (Å²) in [5, 5.41) is 9.79. The van der Waals surface area contributed by atoms with Crippen LogP contribution in [0.5, 0.6) is 11.5 Å². The summed E-state index contributed by atoms with van der Waals surface area (Å²) in [7, 11) is -4.91. The van der Waals surface area contributed by atoms with Gasteiger partial charge in [0.25, 0.3) is 6.43 Å². The number of hydrogen-bond acceptors (Lipinski definition) is 8. The number of benzene rings is 2. The molecule has 1 N–H and O–H groups in total. The monoisotopic (exact) mass is 607 g/mol.